The average molecular weight is 369 g/mol. The quantitative estimate of drug-likeness (QED) is 0.779. The van der Waals surface area contributed by atoms with Gasteiger partial charge in [0.25, 0.3) is 5.56 Å². The molecule has 7 nitrogen and oxygen atoms in total. The summed E-state index contributed by atoms with van der Waals surface area (Å²) in [5.74, 6) is 3.20. The summed E-state index contributed by atoms with van der Waals surface area (Å²) >= 11 is 0. The third-order valence-corrected chi connectivity index (χ3v) is 6.36. The molecule has 144 valence electrons. The summed E-state index contributed by atoms with van der Waals surface area (Å²) < 4.78 is 7.21. The maximum absolute atomic E-state index is 12.3. The molecule has 0 amide bonds. The molecule has 7 heteroatoms. The first-order valence-electron chi connectivity index (χ1n) is 10.4. The molecule has 0 spiro atoms. The molecule has 3 fully saturated rings. The van der Waals surface area contributed by atoms with E-state index in [1.807, 2.05) is 0 Å². The van der Waals surface area contributed by atoms with E-state index in [2.05, 4.69) is 20.0 Å². The van der Waals surface area contributed by atoms with Crippen LogP contribution in [-0.4, -0.2) is 37.7 Å². The van der Waals surface area contributed by atoms with Crippen LogP contribution in [0.4, 0.5) is 0 Å². The maximum Gasteiger partial charge on any atom is 0.253 e. The van der Waals surface area contributed by atoms with Crippen LogP contribution in [-0.2, 0) is 13.1 Å². The Morgan fingerprint density at radius 1 is 1.07 bits per heavy atom. The second-order valence-electron chi connectivity index (χ2n) is 8.47. The predicted octanol–water partition coefficient (Wildman–Crippen LogP) is 2.68. The third kappa shape index (κ3) is 3.83. The van der Waals surface area contributed by atoms with Crippen LogP contribution in [0, 0.1) is 5.92 Å². The van der Waals surface area contributed by atoms with Crippen LogP contribution in [0.2, 0.25) is 0 Å². The van der Waals surface area contributed by atoms with Crippen LogP contribution in [0.1, 0.15) is 74.2 Å². The fourth-order valence-corrected chi connectivity index (χ4v) is 4.14. The van der Waals surface area contributed by atoms with Gasteiger partial charge in [-0.05, 0) is 57.5 Å². The van der Waals surface area contributed by atoms with Crippen LogP contribution >= 0.6 is 0 Å². The molecule has 2 saturated carbocycles. The SMILES string of the molecule is O=c1cc(C2CC2)ncn1CC1CCN(Cc2noc(C3CCC3)n2)CC1. The van der Waals surface area contributed by atoms with Crippen LogP contribution in [0.25, 0.3) is 0 Å². The van der Waals surface area contributed by atoms with E-state index in [0.717, 1.165) is 56.4 Å². The van der Waals surface area contributed by atoms with E-state index >= 15 is 0 Å². The zero-order valence-electron chi connectivity index (χ0n) is 15.7. The number of piperidine rings is 1. The number of aromatic nitrogens is 4. The highest BCUT2D eigenvalue weighted by atomic mass is 16.5. The van der Waals surface area contributed by atoms with Crippen LogP contribution in [0.3, 0.4) is 0 Å². The van der Waals surface area contributed by atoms with Crippen molar-refractivity contribution in [3.05, 3.63) is 40.2 Å². The minimum Gasteiger partial charge on any atom is -0.339 e. The first-order valence-corrected chi connectivity index (χ1v) is 10.4. The van der Waals surface area contributed by atoms with Gasteiger partial charge in [0.05, 0.1) is 18.6 Å². The molecule has 2 aromatic rings. The minimum atomic E-state index is 0.102. The van der Waals surface area contributed by atoms with E-state index in [1.54, 1.807) is 17.0 Å². The molecule has 2 aliphatic carbocycles. The van der Waals surface area contributed by atoms with Crippen molar-refractivity contribution in [3.63, 3.8) is 0 Å². The zero-order chi connectivity index (χ0) is 18.2. The van der Waals surface area contributed by atoms with Gasteiger partial charge in [0, 0.05) is 24.4 Å². The number of hydrogen-bond donors (Lipinski definition) is 0. The van der Waals surface area contributed by atoms with E-state index in [0.29, 0.717) is 17.8 Å². The Morgan fingerprint density at radius 3 is 2.56 bits per heavy atom. The van der Waals surface area contributed by atoms with Crippen molar-refractivity contribution in [1.82, 2.24) is 24.6 Å². The normalized spacial score (nSPS) is 22.1. The van der Waals surface area contributed by atoms with Crippen molar-refractivity contribution in [3.8, 4) is 0 Å². The van der Waals surface area contributed by atoms with Crippen molar-refractivity contribution < 1.29 is 4.52 Å². The second kappa shape index (κ2) is 7.19. The summed E-state index contributed by atoms with van der Waals surface area (Å²) in [4.78, 5) is 23.8. The van der Waals surface area contributed by atoms with Gasteiger partial charge in [-0.25, -0.2) is 4.98 Å². The first kappa shape index (κ1) is 17.1. The maximum atomic E-state index is 12.3. The molecule has 3 heterocycles. The van der Waals surface area contributed by atoms with Gasteiger partial charge in [0.1, 0.15) is 0 Å². The van der Waals surface area contributed by atoms with Crippen LogP contribution < -0.4 is 5.56 Å². The summed E-state index contributed by atoms with van der Waals surface area (Å²) in [5, 5.41) is 4.16. The molecule has 5 rings (SSSR count). The number of rotatable bonds is 6. The van der Waals surface area contributed by atoms with E-state index in [9.17, 15) is 4.79 Å². The Morgan fingerprint density at radius 2 is 1.89 bits per heavy atom. The van der Waals surface area contributed by atoms with Crippen molar-refractivity contribution >= 4 is 0 Å². The molecular formula is C20H27N5O2. The lowest BCUT2D eigenvalue weighted by molar-refractivity contribution is 0.161. The van der Waals surface area contributed by atoms with Gasteiger partial charge >= 0.3 is 0 Å². The lowest BCUT2D eigenvalue weighted by Gasteiger charge is -2.31. The summed E-state index contributed by atoms with van der Waals surface area (Å²) in [6.07, 6.45) is 9.93. The Balaban J connectivity index is 1.12. The Kier molecular flexibility index (Phi) is 4.55. The standard InChI is InChI=1S/C20H27N5O2/c26-19-10-17(15-4-5-15)21-13-25(19)11-14-6-8-24(9-7-14)12-18-22-20(27-23-18)16-2-1-3-16/h10,13-16H,1-9,11-12H2. The highest BCUT2D eigenvalue weighted by molar-refractivity contribution is 5.12. The summed E-state index contributed by atoms with van der Waals surface area (Å²) in [6, 6.07) is 1.74. The number of hydrogen-bond acceptors (Lipinski definition) is 6. The summed E-state index contributed by atoms with van der Waals surface area (Å²) in [6.45, 7) is 3.57. The molecule has 0 atom stereocenters. The van der Waals surface area contributed by atoms with E-state index < -0.39 is 0 Å². The van der Waals surface area contributed by atoms with Gasteiger partial charge in [-0.15, -0.1) is 0 Å². The van der Waals surface area contributed by atoms with Crippen LogP contribution in [0.15, 0.2) is 21.7 Å². The van der Waals surface area contributed by atoms with Gasteiger partial charge in [-0.3, -0.25) is 14.3 Å². The second-order valence-corrected chi connectivity index (χ2v) is 8.47. The molecule has 0 radical (unpaired) electrons. The van der Waals surface area contributed by atoms with E-state index in [-0.39, 0.29) is 5.56 Å². The predicted molar refractivity (Wildman–Crippen MR) is 99.4 cm³/mol. The Hall–Kier alpha value is -2.02. The van der Waals surface area contributed by atoms with Crippen molar-refractivity contribution in [1.29, 1.82) is 0 Å². The van der Waals surface area contributed by atoms with Gasteiger partial charge in [0.15, 0.2) is 5.82 Å². The highest BCUT2D eigenvalue weighted by Gasteiger charge is 2.27. The van der Waals surface area contributed by atoms with E-state index in [1.165, 1.54) is 32.1 Å². The zero-order valence-corrected chi connectivity index (χ0v) is 15.7. The highest BCUT2D eigenvalue weighted by Crippen LogP contribution is 2.38. The fraction of sp³-hybridized carbons (Fsp3) is 0.700. The molecular weight excluding hydrogens is 342 g/mol. The fourth-order valence-electron chi connectivity index (χ4n) is 4.14. The molecule has 1 aliphatic heterocycles. The van der Waals surface area contributed by atoms with E-state index in [4.69, 9.17) is 4.52 Å². The summed E-state index contributed by atoms with van der Waals surface area (Å²) in [7, 11) is 0. The molecule has 2 aromatic heterocycles. The molecule has 0 aromatic carbocycles. The number of nitrogens with zero attached hydrogens (tertiary/aromatic N) is 5. The molecule has 0 unspecified atom stereocenters. The van der Waals surface area contributed by atoms with Crippen molar-refractivity contribution in [2.45, 2.75) is 69.9 Å². The van der Waals surface area contributed by atoms with Crippen LogP contribution in [0.5, 0.6) is 0 Å². The molecule has 1 saturated heterocycles. The Bertz CT molecular complexity index is 844. The number of likely N-dealkylation sites (tertiary alicyclic amines) is 1. The molecule has 0 bridgehead atoms. The molecule has 0 N–H and O–H groups in total. The monoisotopic (exact) mass is 369 g/mol. The van der Waals surface area contributed by atoms with Crippen molar-refractivity contribution in [2.75, 3.05) is 13.1 Å². The molecule has 3 aliphatic rings. The lowest BCUT2D eigenvalue weighted by Crippen LogP contribution is -2.36. The molecule has 27 heavy (non-hydrogen) atoms. The lowest BCUT2D eigenvalue weighted by atomic mass is 9.85. The largest absolute Gasteiger partial charge is 0.339 e. The average Bonchev–Trinajstić information content (AvgIpc) is 3.38. The Labute approximate surface area is 158 Å². The van der Waals surface area contributed by atoms with Gasteiger partial charge in [-0.2, -0.15) is 4.98 Å². The van der Waals surface area contributed by atoms with Gasteiger partial charge < -0.3 is 4.52 Å². The van der Waals surface area contributed by atoms with Crippen molar-refractivity contribution in [2.24, 2.45) is 5.92 Å². The smallest absolute Gasteiger partial charge is 0.253 e. The first-order chi connectivity index (χ1) is 13.2. The van der Waals surface area contributed by atoms with Gasteiger partial charge in [0.2, 0.25) is 5.89 Å². The topological polar surface area (TPSA) is 77.0 Å². The third-order valence-electron chi connectivity index (χ3n) is 6.36. The summed E-state index contributed by atoms with van der Waals surface area (Å²) in [5.41, 5.74) is 1.08. The van der Waals surface area contributed by atoms with Gasteiger partial charge in [-0.1, -0.05) is 11.6 Å². The minimum absolute atomic E-state index is 0.102.